The summed E-state index contributed by atoms with van der Waals surface area (Å²) >= 11 is 0. The maximum Gasteiger partial charge on any atom is 0.137 e. The van der Waals surface area contributed by atoms with Crippen molar-refractivity contribution in [2.24, 2.45) is 0 Å². The van der Waals surface area contributed by atoms with Gasteiger partial charge in [-0.15, -0.1) is 0 Å². The minimum atomic E-state index is -0.574. The standard InChI is InChI=1S/C57H36N2O/c1-3-15-37(16-4-1)58-38-28-31-41-36(33-38)27-30-48-55-47-23-8-7-21-44(47)52(35-51(55)57(56(41)48)49-24-12-9-19-42(49)43-20-10-13-25-50(43)57)59(39-17-5-2-6-18-39)40-29-32-46-45-22-11-14-26-53(45)60-54(46)34-40/h1-35,58H. The molecule has 0 atom stereocenters. The monoisotopic (exact) mass is 764 g/mol. The molecule has 1 aromatic heterocycles. The second kappa shape index (κ2) is 12.6. The molecule has 0 saturated carbocycles. The van der Waals surface area contributed by atoms with E-state index in [0.29, 0.717) is 0 Å². The van der Waals surface area contributed by atoms with E-state index in [9.17, 15) is 0 Å². The zero-order valence-corrected chi connectivity index (χ0v) is 32.6. The number of hydrogen-bond donors (Lipinski definition) is 1. The highest BCUT2D eigenvalue weighted by Crippen LogP contribution is 2.66. The Morgan fingerprint density at radius 2 is 1.02 bits per heavy atom. The van der Waals surface area contributed by atoms with E-state index in [-0.39, 0.29) is 0 Å². The molecule has 1 N–H and O–H groups in total. The van der Waals surface area contributed by atoms with Gasteiger partial charge in [0.05, 0.1) is 11.1 Å². The van der Waals surface area contributed by atoms with Crippen LogP contribution in [0.4, 0.5) is 28.4 Å². The Hall–Kier alpha value is -7.88. The topological polar surface area (TPSA) is 28.4 Å². The Morgan fingerprint density at radius 3 is 1.80 bits per heavy atom. The molecule has 10 aromatic carbocycles. The Bertz CT molecular complexity index is 3480. The fraction of sp³-hybridized carbons (Fsp3) is 0.0175. The van der Waals surface area contributed by atoms with Crippen LogP contribution in [0.1, 0.15) is 22.3 Å². The van der Waals surface area contributed by atoms with Crippen LogP contribution in [0.15, 0.2) is 217 Å². The van der Waals surface area contributed by atoms with Crippen LogP contribution in [0, 0.1) is 0 Å². The van der Waals surface area contributed by atoms with Crippen molar-refractivity contribution in [2.75, 3.05) is 10.2 Å². The number of nitrogens with zero attached hydrogens (tertiary/aromatic N) is 1. The van der Waals surface area contributed by atoms with Gasteiger partial charge in [0, 0.05) is 45.0 Å². The Labute approximate surface area is 347 Å². The highest BCUT2D eigenvalue weighted by Gasteiger charge is 2.53. The quantitative estimate of drug-likeness (QED) is 0.189. The smallest absolute Gasteiger partial charge is 0.137 e. The van der Waals surface area contributed by atoms with E-state index in [1.165, 1.54) is 66.1 Å². The number of furan rings is 1. The summed E-state index contributed by atoms with van der Waals surface area (Å²) in [6.45, 7) is 0. The first-order chi connectivity index (χ1) is 29.8. The molecular weight excluding hydrogens is 729 g/mol. The van der Waals surface area contributed by atoms with E-state index in [0.717, 1.165) is 50.4 Å². The summed E-state index contributed by atoms with van der Waals surface area (Å²) in [5, 5.41) is 10.8. The fourth-order valence-electron chi connectivity index (χ4n) is 10.6. The maximum atomic E-state index is 6.52. The molecule has 0 unspecified atom stereocenters. The van der Waals surface area contributed by atoms with Crippen molar-refractivity contribution >= 4 is 71.9 Å². The predicted octanol–water partition coefficient (Wildman–Crippen LogP) is 15.4. The largest absolute Gasteiger partial charge is 0.456 e. The molecule has 3 nitrogen and oxygen atoms in total. The molecule has 2 aliphatic rings. The highest BCUT2D eigenvalue weighted by atomic mass is 16.3. The second-order valence-corrected chi connectivity index (χ2v) is 16.1. The molecule has 11 aromatic rings. The zero-order chi connectivity index (χ0) is 39.4. The van der Waals surface area contributed by atoms with Crippen LogP contribution in [-0.4, -0.2) is 0 Å². The van der Waals surface area contributed by atoms with Crippen LogP contribution in [0.25, 0.3) is 65.7 Å². The van der Waals surface area contributed by atoms with Gasteiger partial charge in [-0.2, -0.15) is 0 Å². The summed E-state index contributed by atoms with van der Waals surface area (Å²) in [5.74, 6) is 0. The number of para-hydroxylation sites is 3. The average molecular weight is 765 g/mol. The van der Waals surface area contributed by atoms with Crippen molar-refractivity contribution < 1.29 is 4.42 Å². The number of anilines is 5. The summed E-state index contributed by atoms with van der Waals surface area (Å²) in [6.07, 6.45) is 0. The highest BCUT2D eigenvalue weighted by molar-refractivity contribution is 6.15. The number of fused-ring (bicyclic) bond motifs is 17. The van der Waals surface area contributed by atoms with Gasteiger partial charge in [0.2, 0.25) is 0 Å². The predicted molar refractivity (Wildman–Crippen MR) is 249 cm³/mol. The molecule has 280 valence electrons. The van der Waals surface area contributed by atoms with Crippen LogP contribution in [0.3, 0.4) is 0 Å². The zero-order valence-electron chi connectivity index (χ0n) is 32.6. The van der Waals surface area contributed by atoms with Crippen molar-refractivity contribution in [3.63, 3.8) is 0 Å². The number of nitrogens with one attached hydrogen (secondary N) is 1. The van der Waals surface area contributed by atoms with Gasteiger partial charge in [-0.3, -0.25) is 0 Å². The molecule has 1 heterocycles. The molecule has 3 heteroatoms. The molecule has 13 rings (SSSR count). The molecule has 0 bridgehead atoms. The molecule has 0 fully saturated rings. The van der Waals surface area contributed by atoms with E-state index in [1.807, 2.05) is 6.07 Å². The molecule has 1 spiro atoms. The van der Waals surface area contributed by atoms with Crippen molar-refractivity contribution in [1.29, 1.82) is 0 Å². The first kappa shape index (κ1) is 33.1. The maximum absolute atomic E-state index is 6.52. The second-order valence-electron chi connectivity index (χ2n) is 16.1. The molecule has 0 radical (unpaired) electrons. The van der Waals surface area contributed by atoms with Gasteiger partial charge in [0.1, 0.15) is 11.2 Å². The van der Waals surface area contributed by atoms with Crippen molar-refractivity contribution in [3.05, 3.63) is 235 Å². The average Bonchev–Trinajstić information content (AvgIpc) is 3.93. The molecular formula is C57H36N2O. The lowest BCUT2D eigenvalue weighted by Gasteiger charge is -2.33. The van der Waals surface area contributed by atoms with E-state index in [2.05, 4.69) is 216 Å². The van der Waals surface area contributed by atoms with Gasteiger partial charge < -0.3 is 14.6 Å². The van der Waals surface area contributed by atoms with E-state index >= 15 is 0 Å². The van der Waals surface area contributed by atoms with Gasteiger partial charge in [0.25, 0.3) is 0 Å². The molecule has 0 aliphatic heterocycles. The normalized spacial score (nSPS) is 13.1. The first-order valence-electron chi connectivity index (χ1n) is 20.7. The number of rotatable bonds is 5. The molecule has 0 amide bonds. The Morgan fingerprint density at radius 1 is 0.383 bits per heavy atom. The fourth-order valence-corrected chi connectivity index (χ4v) is 10.6. The summed E-state index contributed by atoms with van der Waals surface area (Å²) < 4.78 is 6.52. The summed E-state index contributed by atoms with van der Waals surface area (Å²) in [5.41, 5.74) is 17.0. The van der Waals surface area contributed by atoms with Crippen molar-refractivity contribution in [3.8, 4) is 22.3 Å². The Kier molecular flexibility index (Phi) is 6.93. The third-order valence-corrected chi connectivity index (χ3v) is 13.0. The lowest BCUT2D eigenvalue weighted by molar-refractivity contribution is 0.669. The summed E-state index contributed by atoms with van der Waals surface area (Å²) in [7, 11) is 0. The van der Waals surface area contributed by atoms with Crippen LogP contribution >= 0.6 is 0 Å². The van der Waals surface area contributed by atoms with Gasteiger partial charge in [-0.25, -0.2) is 0 Å². The third kappa shape index (κ3) is 4.54. The number of hydrogen-bond acceptors (Lipinski definition) is 3. The SMILES string of the molecule is c1ccc(Nc2ccc3c4c(ccc3c2)-c2c(cc(N(c3ccccc3)c3ccc5c(c3)oc3ccccc35)c3ccccc23)C42c3ccccc3-c3ccccc32)cc1. The molecule has 60 heavy (non-hydrogen) atoms. The van der Waals surface area contributed by atoms with Gasteiger partial charge >= 0.3 is 0 Å². The third-order valence-electron chi connectivity index (χ3n) is 13.0. The summed E-state index contributed by atoms with van der Waals surface area (Å²) in [4.78, 5) is 2.43. The molecule has 2 aliphatic carbocycles. The Balaban J connectivity index is 1.13. The lowest BCUT2D eigenvalue weighted by Crippen LogP contribution is -2.26. The van der Waals surface area contributed by atoms with Crippen LogP contribution < -0.4 is 10.2 Å². The van der Waals surface area contributed by atoms with Crippen molar-refractivity contribution in [2.45, 2.75) is 5.41 Å². The molecule has 0 saturated heterocycles. The minimum Gasteiger partial charge on any atom is -0.456 e. The van der Waals surface area contributed by atoms with Gasteiger partial charge in [-0.05, 0) is 121 Å². The number of benzene rings is 10. The van der Waals surface area contributed by atoms with Crippen LogP contribution in [0.5, 0.6) is 0 Å². The summed E-state index contributed by atoms with van der Waals surface area (Å²) in [6, 6.07) is 77.5. The lowest BCUT2D eigenvalue weighted by atomic mass is 9.69. The van der Waals surface area contributed by atoms with E-state index in [4.69, 9.17) is 4.42 Å². The van der Waals surface area contributed by atoms with Crippen molar-refractivity contribution in [1.82, 2.24) is 0 Å². The van der Waals surface area contributed by atoms with Gasteiger partial charge in [0.15, 0.2) is 0 Å². The van der Waals surface area contributed by atoms with E-state index < -0.39 is 5.41 Å². The van der Waals surface area contributed by atoms with Crippen LogP contribution in [-0.2, 0) is 5.41 Å². The van der Waals surface area contributed by atoms with E-state index in [1.54, 1.807) is 0 Å². The first-order valence-corrected chi connectivity index (χ1v) is 20.7. The minimum absolute atomic E-state index is 0.574. The van der Waals surface area contributed by atoms with Gasteiger partial charge in [-0.1, -0.05) is 146 Å². The van der Waals surface area contributed by atoms with Crippen LogP contribution in [0.2, 0.25) is 0 Å².